The van der Waals surface area contributed by atoms with Gasteiger partial charge in [-0.3, -0.25) is 0 Å². The summed E-state index contributed by atoms with van der Waals surface area (Å²) < 4.78 is 6.00. The lowest BCUT2D eigenvalue weighted by Gasteiger charge is -2.22. The fourth-order valence-corrected chi connectivity index (χ4v) is 3.11. The molecule has 21 heavy (non-hydrogen) atoms. The van der Waals surface area contributed by atoms with Crippen LogP contribution in [0.25, 0.3) is 0 Å². The number of benzene rings is 1. The van der Waals surface area contributed by atoms with Gasteiger partial charge in [0.15, 0.2) is 0 Å². The molecule has 0 spiro atoms. The number of unbranched alkanes of at least 4 members (excludes halogenated alkanes) is 3. The van der Waals surface area contributed by atoms with Gasteiger partial charge in [-0.25, -0.2) is 0 Å². The van der Waals surface area contributed by atoms with E-state index in [1.165, 1.54) is 30.6 Å². The molecule has 1 nitrogen and oxygen atoms in total. The molecule has 0 unspecified atom stereocenters. The highest BCUT2D eigenvalue weighted by molar-refractivity contribution is 7.99. The Morgan fingerprint density at radius 1 is 1.00 bits per heavy atom. The van der Waals surface area contributed by atoms with Crippen molar-refractivity contribution in [3.63, 3.8) is 0 Å². The van der Waals surface area contributed by atoms with Crippen molar-refractivity contribution in [2.24, 2.45) is 0 Å². The van der Waals surface area contributed by atoms with Crippen LogP contribution in [-0.2, 0) is 5.41 Å². The molecule has 0 amide bonds. The summed E-state index contributed by atoms with van der Waals surface area (Å²) in [6.45, 7) is 12.1. The van der Waals surface area contributed by atoms with E-state index < -0.39 is 0 Å². The van der Waals surface area contributed by atoms with Crippen LogP contribution in [0.3, 0.4) is 0 Å². The minimum absolute atomic E-state index is 0.144. The number of para-hydroxylation sites is 1. The summed E-state index contributed by atoms with van der Waals surface area (Å²) in [5, 5.41) is 0.766. The highest BCUT2D eigenvalue weighted by Gasteiger charge is 2.18. The maximum absolute atomic E-state index is 6.00. The summed E-state index contributed by atoms with van der Waals surface area (Å²) in [5.74, 6) is 2.35. The molecule has 0 fully saturated rings. The molecule has 0 aliphatic carbocycles. The van der Waals surface area contributed by atoms with Crippen LogP contribution in [0.2, 0.25) is 0 Å². The molecular formula is C19H32OS. The highest BCUT2D eigenvalue weighted by Crippen LogP contribution is 2.31. The van der Waals surface area contributed by atoms with E-state index in [4.69, 9.17) is 4.74 Å². The van der Waals surface area contributed by atoms with Crippen LogP contribution in [-0.4, -0.2) is 17.6 Å². The Morgan fingerprint density at radius 3 is 2.33 bits per heavy atom. The molecule has 0 bridgehead atoms. The first-order chi connectivity index (χ1) is 9.91. The second-order valence-corrected chi connectivity index (χ2v) is 8.61. The molecule has 0 saturated heterocycles. The Kier molecular flexibility index (Phi) is 8.24. The normalized spacial score (nSPS) is 11.9. The highest BCUT2D eigenvalue weighted by atomic mass is 32.2. The van der Waals surface area contributed by atoms with Crippen LogP contribution in [0.15, 0.2) is 24.3 Å². The van der Waals surface area contributed by atoms with Crippen molar-refractivity contribution in [3.05, 3.63) is 29.8 Å². The Balaban J connectivity index is 2.22. The number of rotatable bonds is 9. The van der Waals surface area contributed by atoms with Crippen molar-refractivity contribution in [3.8, 4) is 5.75 Å². The quantitative estimate of drug-likeness (QED) is 0.512. The standard InChI is InChI=1S/C19H32OS/c1-16(2)21-15-11-7-6-10-14-20-18-13-9-8-12-17(18)19(3,4)5/h8-9,12-13,16H,6-7,10-11,14-15H2,1-5H3. The van der Waals surface area contributed by atoms with E-state index in [1.54, 1.807) is 0 Å². The molecule has 1 aromatic carbocycles. The molecule has 0 radical (unpaired) electrons. The first-order valence-corrected chi connectivity index (χ1v) is 9.30. The summed E-state index contributed by atoms with van der Waals surface area (Å²) in [5.41, 5.74) is 1.45. The minimum atomic E-state index is 0.144. The SMILES string of the molecule is CC(C)SCCCCCCOc1ccccc1C(C)(C)C. The molecule has 1 rings (SSSR count). The largest absolute Gasteiger partial charge is 0.493 e. The second kappa shape index (κ2) is 9.40. The average Bonchev–Trinajstić information content (AvgIpc) is 2.41. The van der Waals surface area contributed by atoms with Gasteiger partial charge in [-0.15, -0.1) is 0 Å². The predicted molar refractivity (Wildman–Crippen MR) is 96.7 cm³/mol. The van der Waals surface area contributed by atoms with E-state index in [0.717, 1.165) is 24.0 Å². The average molecular weight is 309 g/mol. The van der Waals surface area contributed by atoms with Crippen molar-refractivity contribution in [2.45, 2.75) is 71.0 Å². The molecule has 0 aromatic heterocycles. The van der Waals surface area contributed by atoms with Gasteiger partial charge < -0.3 is 4.74 Å². The molecule has 2 heteroatoms. The van der Waals surface area contributed by atoms with Gasteiger partial charge in [-0.1, -0.05) is 65.7 Å². The third-order valence-electron chi connectivity index (χ3n) is 3.44. The molecule has 0 atom stereocenters. The molecule has 0 aliphatic rings. The first-order valence-electron chi connectivity index (χ1n) is 8.25. The van der Waals surface area contributed by atoms with Gasteiger partial charge in [0.05, 0.1) is 6.61 Å². The van der Waals surface area contributed by atoms with Crippen molar-refractivity contribution in [1.29, 1.82) is 0 Å². The molecule has 1 aromatic rings. The number of hydrogen-bond donors (Lipinski definition) is 0. The zero-order chi connectivity index (χ0) is 15.7. The van der Waals surface area contributed by atoms with Crippen molar-refractivity contribution in [1.82, 2.24) is 0 Å². The van der Waals surface area contributed by atoms with E-state index in [-0.39, 0.29) is 5.41 Å². The van der Waals surface area contributed by atoms with Gasteiger partial charge in [0.2, 0.25) is 0 Å². The van der Waals surface area contributed by atoms with Crippen LogP contribution in [0, 0.1) is 0 Å². The first kappa shape index (κ1) is 18.4. The van der Waals surface area contributed by atoms with E-state index in [1.807, 2.05) is 0 Å². The number of thioether (sulfide) groups is 1. The summed E-state index contributed by atoms with van der Waals surface area (Å²) in [6, 6.07) is 8.44. The smallest absolute Gasteiger partial charge is 0.123 e. The third-order valence-corrected chi connectivity index (χ3v) is 4.63. The lowest BCUT2D eigenvalue weighted by atomic mass is 9.86. The van der Waals surface area contributed by atoms with Gasteiger partial charge in [0, 0.05) is 0 Å². The zero-order valence-corrected chi connectivity index (χ0v) is 15.3. The van der Waals surface area contributed by atoms with Crippen molar-refractivity contribution >= 4 is 11.8 Å². The topological polar surface area (TPSA) is 9.23 Å². The Labute approximate surface area is 135 Å². The van der Waals surface area contributed by atoms with Gasteiger partial charge in [0.25, 0.3) is 0 Å². The fraction of sp³-hybridized carbons (Fsp3) is 0.684. The molecule has 0 saturated carbocycles. The fourth-order valence-electron chi connectivity index (χ4n) is 2.27. The lowest BCUT2D eigenvalue weighted by Crippen LogP contribution is -2.13. The summed E-state index contributed by atoms with van der Waals surface area (Å²) >= 11 is 2.07. The minimum Gasteiger partial charge on any atom is -0.493 e. The van der Waals surface area contributed by atoms with E-state index in [2.05, 4.69) is 70.6 Å². The summed E-state index contributed by atoms with van der Waals surface area (Å²) in [6.07, 6.45) is 5.09. The molecule has 0 heterocycles. The van der Waals surface area contributed by atoms with Crippen molar-refractivity contribution in [2.75, 3.05) is 12.4 Å². The predicted octanol–water partition coefficient (Wildman–Crippen LogP) is 6.06. The van der Waals surface area contributed by atoms with Gasteiger partial charge in [-0.05, 0) is 40.9 Å². The van der Waals surface area contributed by atoms with Crippen LogP contribution in [0.1, 0.15) is 65.9 Å². The molecule has 0 N–H and O–H groups in total. The van der Waals surface area contributed by atoms with Gasteiger partial charge in [0.1, 0.15) is 5.75 Å². The van der Waals surface area contributed by atoms with Crippen LogP contribution in [0.4, 0.5) is 0 Å². The summed E-state index contributed by atoms with van der Waals surface area (Å²) in [7, 11) is 0. The maximum Gasteiger partial charge on any atom is 0.123 e. The number of hydrogen-bond acceptors (Lipinski definition) is 2. The Bertz CT molecular complexity index is 393. The Hall–Kier alpha value is -0.630. The monoisotopic (exact) mass is 308 g/mol. The Morgan fingerprint density at radius 2 is 1.67 bits per heavy atom. The molecule has 0 aliphatic heterocycles. The van der Waals surface area contributed by atoms with Crippen LogP contribution in [0.5, 0.6) is 5.75 Å². The van der Waals surface area contributed by atoms with Crippen LogP contribution >= 0.6 is 11.8 Å². The third kappa shape index (κ3) is 7.80. The summed E-state index contributed by atoms with van der Waals surface area (Å²) in [4.78, 5) is 0. The van der Waals surface area contributed by atoms with Gasteiger partial charge >= 0.3 is 0 Å². The lowest BCUT2D eigenvalue weighted by molar-refractivity contribution is 0.297. The van der Waals surface area contributed by atoms with E-state index in [9.17, 15) is 0 Å². The number of ether oxygens (including phenoxy) is 1. The molecule has 120 valence electrons. The van der Waals surface area contributed by atoms with Crippen LogP contribution < -0.4 is 4.74 Å². The van der Waals surface area contributed by atoms with E-state index >= 15 is 0 Å². The zero-order valence-electron chi connectivity index (χ0n) is 14.4. The molecular weight excluding hydrogens is 276 g/mol. The maximum atomic E-state index is 6.00. The van der Waals surface area contributed by atoms with Gasteiger partial charge in [-0.2, -0.15) is 11.8 Å². The van der Waals surface area contributed by atoms with Crippen molar-refractivity contribution < 1.29 is 4.74 Å². The van der Waals surface area contributed by atoms with E-state index in [0.29, 0.717) is 0 Å². The second-order valence-electron chi connectivity index (χ2n) is 6.93.